The summed E-state index contributed by atoms with van der Waals surface area (Å²) < 4.78 is 5.16. The van der Waals surface area contributed by atoms with Gasteiger partial charge in [0.1, 0.15) is 5.75 Å². The first-order valence-electron chi connectivity index (χ1n) is 7.03. The first-order valence-corrected chi connectivity index (χ1v) is 7.03. The van der Waals surface area contributed by atoms with Gasteiger partial charge in [0.15, 0.2) is 0 Å². The Kier molecular flexibility index (Phi) is 7.02. The highest BCUT2D eigenvalue weighted by atomic mass is 16.5. The predicted octanol–water partition coefficient (Wildman–Crippen LogP) is 5.32. The molecule has 1 aromatic carbocycles. The molecule has 0 aliphatic rings. The third-order valence-electron chi connectivity index (χ3n) is 3.18. The lowest BCUT2D eigenvalue weighted by Gasteiger charge is -2.03. The van der Waals surface area contributed by atoms with Crippen molar-refractivity contribution in [2.45, 2.75) is 46.5 Å². The minimum atomic E-state index is 0.928. The molecule has 1 rings (SSSR count). The van der Waals surface area contributed by atoms with Gasteiger partial charge in [-0.1, -0.05) is 35.4 Å². The van der Waals surface area contributed by atoms with E-state index in [1.54, 1.807) is 7.11 Å². The van der Waals surface area contributed by atoms with E-state index in [-0.39, 0.29) is 0 Å². The SMILES string of the molecule is COc1ccc(CC/C=C(\C)CCC=C(C)C)cc1. The molecule has 0 amide bonds. The maximum Gasteiger partial charge on any atom is 0.118 e. The zero-order valence-corrected chi connectivity index (χ0v) is 12.7. The van der Waals surface area contributed by atoms with Gasteiger partial charge in [0, 0.05) is 0 Å². The minimum Gasteiger partial charge on any atom is -0.497 e. The van der Waals surface area contributed by atoms with Gasteiger partial charge >= 0.3 is 0 Å². The Balaban J connectivity index is 2.33. The van der Waals surface area contributed by atoms with Gasteiger partial charge in [0.05, 0.1) is 7.11 Å². The second-order valence-electron chi connectivity index (χ2n) is 5.26. The largest absolute Gasteiger partial charge is 0.497 e. The van der Waals surface area contributed by atoms with Crippen LogP contribution in [-0.4, -0.2) is 7.11 Å². The van der Waals surface area contributed by atoms with Crippen LogP contribution in [-0.2, 0) is 6.42 Å². The van der Waals surface area contributed by atoms with Gasteiger partial charge in [0.25, 0.3) is 0 Å². The Morgan fingerprint density at radius 3 is 2.26 bits per heavy atom. The van der Waals surface area contributed by atoms with E-state index in [0.29, 0.717) is 0 Å². The fourth-order valence-corrected chi connectivity index (χ4v) is 1.97. The fraction of sp³-hybridized carbons (Fsp3) is 0.444. The first-order chi connectivity index (χ1) is 9.11. The van der Waals surface area contributed by atoms with Gasteiger partial charge in [-0.2, -0.15) is 0 Å². The van der Waals surface area contributed by atoms with Crippen molar-refractivity contribution in [1.82, 2.24) is 0 Å². The third-order valence-corrected chi connectivity index (χ3v) is 3.18. The molecule has 0 spiro atoms. The van der Waals surface area contributed by atoms with Crippen LogP contribution in [0.5, 0.6) is 5.75 Å². The maximum atomic E-state index is 5.16. The average molecular weight is 258 g/mol. The Bertz CT molecular complexity index is 420. The molecule has 0 N–H and O–H groups in total. The summed E-state index contributed by atoms with van der Waals surface area (Å²) in [6, 6.07) is 8.35. The second-order valence-corrected chi connectivity index (χ2v) is 5.26. The molecular formula is C18H26O. The number of methoxy groups -OCH3 is 1. The monoisotopic (exact) mass is 258 g/mol. The number of allylic oxidation sites excluding steroid dienone is 4. The van der Waals surface area contributed by atoms with E-state index in [4.69, 9.17) is 4.74 Å². The summed E-state index contributed by atoms with van der Waals surface area (Å²) in [6.07, 6.45) is 9.22. The highest BCUT2D eigenvalue weighted by molar-refractivity contribution is 5.27. The molecule has 0 aliphatic carbocycles. The molecule has 19 heavy (non-hydrogen) atoms. The smallest absolute Gasteiger partial charge is 0.118 e. The average Bonchev–Trinajstić information content (AvgIpc) is 2.39. The molecule has 0 aromatic heterocycles. The molecule has 1 aromatic rings. The Morgan fingerprint density at radius 2 is 1.68 bits per heavy atom. The van der Waals surface area contributed by atoms with Crippen LogP contribution < -0.4 is 4.74 Å². The highest BCUT2D eigenvalue weighted by Crippen LogP contribution is 2.14. The quantitative estimate of drug-likeness (QED) is 0.601. The van der Waals surface area contributed by atoms with E-state index in [1.165, 1.54) is 23.1 Å². The molecule has 0 atom stereocenters. The minimum absolute atomic E-state index is 0.928. The van der Waals surface area contributed by atoms with E-state index in [0.717, 1.165) is 25.0 Å². The summed E-state index contributed by atoms with van der Waals surface area (Å²) in [5, 5.41) is 0. The van der Waals surface area contributed by atoms with Crippen LogP contribution in [0.25, 0.3) is 0 Å². The number of hydrogen-bond acceptors (Lipinski definition) is 1. The van der Waals surface area contributed by atoms with Crippen LogP contribution in [0, 0.1) is 0 Å². The summed E-state index contributed by atoms with van der Waals surface area (Å²) in [7, 11) is 1.70. The number of hydrogen-bond donors (Lipinski definition) is 0. The molecule has 0 aliphatic heterocycles. The van der Waals surface area contributed by atoms with Gasteiger partial charge in [-0.15, -0.1) is 0 Å². The van der Waals surface area contributed by atoms with Gasteiger partial charge in [-0.3, -0.25) is 0 Å². The summed E-state index contributed by atoms with van der Waals surface area (Å²) in [6.45, 7) is 6.54. The normalized spacial score (nSPS) is 11.3. The first kappa shape index (κ1) is 15.6. The fourth-order valence-electron chi connectivity index (χ4n) is 1.97. The molecular weight excluding hydrogens is 232 g/mol. The van der Waals surface area contributed by atoms with Crippen molar-refractivity contribution in [2.24, 2.45) is 0 Å². The van der Waals surface area contributed by atoms with Crippen LogP contribution in [0.15, 0.2) is 47.6 Å². The second kappa shape index (κ2) is 8.58. The van der Waals surface area contributed by atoms with Crippen molar-refractivity contribution in [3.8, 4) is 5.75 Å². The molecule has 0 saturated heterocycles. The molecule has 1 heteroatoms. The molecule has 104 valence electrons. The van der Waals surface area contributed by atoms with Crippen molar-refractivity contribution < 1.29 is 4.74 Å². The Morgan fingerprint density at radius 1 is 1.00 bits per heavy atom. The van der Waals surface area contributed by atoms with E-state index < -0.39 is 0 Å². The van der Waals surface area contributed by atoms with Crippen LogP contribution in [0.3, 0.4) is 0 Å². The third kappa shape index (κ3) is 6.85. The van der Waals surface area contributed by atoms with Gasteiger partial charge in [-0.25, -0.2) is 0 Å². The zero-order valence-electron chi connectivity index (χ0n) is 12.7. The van der Waals surface area contributed by atoms with Crippen molar-refractivity contribution >= 4 is 0 Å². The van der Waals surface area contributed by atoms with Gasteiger partial charge in [0.2, 0.25) is 0 Å². The van der Waals surface area contributed by atoms with E-state index >= 15 is 0 Å². The predicted molar refractivity (Wildman–Crippen MR) is 83.7 cm³/mol. The molecule has 0 unspecified atom stereocenters. The standard InChI is InChI=1S/C18H26O/c1-15(2)7-5-8-16(3)9-6-10-17-11-13-18(19-4)14-12-17/h7,9,11-14H,5-6,8,10H2,1-4H3/b16-9+. The van der Waals surface area contributed by atoms with Crippen molar-refractivity contribution in [3.05, 3.63) is 53.1 Å². The lowest BCUT2D eigenvalue weighted by atomic mass is 10.1. The molecule has 0 radical (unpaired) electrons. The van der Waals surface area contributed by atoms with Gasteiger partial charge < -0.3 is 4.74 Å². The summed E-state index contributed by atoms with van der Waals surface area (Å²) in [5.74, 6) is 0.928. The Labute approximate surface area is 118 Å². The molecule has 0 fully saturated rings. The Hall–Kier alpha value is -1.50. The van der Waals surface area contributed by atoms with E-state index in [1.807, 2.05) is 12.1 Å². The number of rotatable bonds is 7. The van der Waals surface area contributed by atoms with Crippen LogP contribution in [0.2, 0.25) is 0 Å². The highest BCUT2D eigenvalue weighted by Gasteiger charge is 1.94. The number of aryl methyl sites for hydroxylation is 1. The lowest BCUT2D eigenvalue weighted by molar-refractivity contribution is 0.414. The molecule has 0 bridgehead atoms. The summed E-state index contributed by atoms with van der Waals surface area (Å²) >= 11 is 0. The number of ether oxygens (including phenoxy) is 1. The maximum absolute atomic E-state index is 5.16. The zero-order chi connectivity index (χ0) is 14.1. The number of benzene rings is 1. The summed E-state index contributed by atoms with van der Waals surface area (Å²) in [4.78, 5) is 0. The van der Waals surface area contributed by atoms with E-state index in [2.05, 4.69) is 45.1 Å². The molecule has 1 nitrogen and oxygen atoms in total. The molecule has 0 heterocycles. The molecule has 0 saturated carbocycles. The van der Waals surface area contributed by atoms with Crippen LogP contribution >= 0.6 is 0 Å². The summed E-state index contributed by atoms with van der Waals surface area (Å²) in [5.41, 5.74) is 4.27. The van der Waals surface area contributed by atoms with E-state index in [9.17, 15) is 0 Å². The topological polar surface area (TPSA) is 9.23 Å². The van der Waals surface area contributed by atoms with Crippen LogP contribution in [0.1, 0.15) is 45.6 Å². The lowest BCUT2D eigenvalue weighted by Crippen LogP contribution is -1.86. The van der Waals surface area contributed by atoms with Crippen molar-refractivity contribution in [2.75, 3.05) is 7.11 Å². The van der Waals surface area contributed by atoms with Crippen molar-refractivity contribution in [1.29, 1.82) is 0 Å². The van der Waals surface area contributed by atoms with Gasteiger partial charge in [-0.05, 0) is 64.2 Å². The van der Waals surface area contributed by atoms with Crippen LogP contribution in [0.4, 0.5) is 0 Å². The van der Waals surface area contributed by atoms with Crippen molar-refractivity contribution in [3.63, 3.8) is 0 Å².